The lowest BCUT2D eigenvalue weighted by Gasteiger charge is -2.32. The summed E-state index contributed by atoms with van der Waals surface area (Å²) >= 11 is 0. The fourth-order valence-electron chi connectivity index (χ4n) is 6.70. The standard InChI is InChI=1S/C34H43N7O8/c1-47-28-16-20(3-5-25(28)35)31(43)37-22-8-10-40(11-9-22)12-13-48-14-15-49-19-26-32(44)39-30-21(17-36-26)2-4-23-24(30)18-41(34(23)46)27-6-7-29(42)38-33(27)45/h2-5,16,22,26-27,36H,6-15,17-19,35H2,1H3,(H,37,43)(H,39,44)(H,38,42,45)/t26-,27?/m0/s1. The van der Waals surface area contributed by atoms with Crippen LogP contribution in [-0.2, 0) is 36.9 Å². The summed E-state index contributed by atoms with van der Waals surface area (Å²) in [6, 6.07) is 7.32. The Labute approximate surface area is 284 Å². The number of anilines is 2. The van der Waals surface area contributed by atoms with Gasteiger partial charge in [0.1, 0.15) is 17.8 Å². The molecule has 0 radical (unpaired) electrons. The second kappa shape index (κ2) is 15.3. The van der Waals surface area contributed by atoms with Crippen molar-refractivity contribution in [2.24, 2.45) is 0 Å². The van der Waals surface area contributed by atoms with Crippen molar-refractivity contribution in [3.63, 3.8) is 0 Å². The van der Waals surface area contributed by atoms with Gasteiger partial charge in [0.25, 0.3) is 11.8 Å². The zero-order valence-corrected chi connectivity index (χ0v) is 27.5. The van der Waals surface area contributed by atoms with E-state index in [4.69, 9.17) is 19.9 Å². The van der Waals surface area contributed by atoms with Crippen molar-refractivity contribution in [2.45, 2.75) is 56.9 Å². The summed E-state index contributed by atoms with van der Waals surface area (Å²) in [6.45, 7) is 4.46. The summed E-state index contributed by atoms with van der Waals surface area (Å²) in [5.41, 5.74) is 9.40. The first-order valence-corrected chi connectivity index (χ1v) is 16.7. The lowest BCUT2D eigenvalue weighted by atomic mass is 10.0. The molecule has 15 heteroatoms. The van der Waals surface area contributed by atoms with E-state index in [2.05, 4.69) is 26.2 Å². The number of carbonyl (C=O) groups excluding carboxylic acids is 5. The molecule has 2 aromatic rings. The van der Waals surface area contributed by atoms with Crippen LogP contribution in [0.2, 0.25) is 0 Å². The van der Waals surface area contributed by atoms with Crippen molar-refractivity contribution in [1.29, 1.82) is 0 Å². The predicted molar refractivity (Wildman–Crippen MR) is 178 cm³/mol. The maximum Gasteiger partial charge on any atom is 0.255 e. The van der Waals surface area contributed by atoms with Gasteiger partial charge in [0.15, 0.2) is 0 Å². The van der Waals surface area contributed by atoms with Gasteiger partial charge in [-0.25, -0.2) is 0 Å². The van der Waals surface area contributed by atoms with Gasteiger partial charge in [0.05, 0.1) is 44.9 Å². The van der Waals surface area contributed by atoms with Crippen LogP contribution in [0.15, 0.2) is 30.3 Å². The fourth-order valence-corrected chi connectivity index (χ4v) is 6.70. The van der Waals surface area contributed by atoms with Crippen LogP contribution in [0.1, 0.15) is 57.5 Å². The summed E-state index contributed by atoms with van der Waals surface area (Å²) in [5, 5.41) is 11.6. The molecule has 2 fully saturated rings. The molecule has 262 valence electrons. The Hall–Kier alpha value is -4.57. The predicted octanol–water partition coefficient (Wildman–Crippen LogP) is 0.376. The van der Waals surface area contributed by atoms with Crippen molar-refractivity contribution < 1.29 is 38.2 Å². The maximum atomic E-state index is 13.2. The largest absolute Gasteiger partial charge is 0.495 e. The molecule has 2 atom stereocenters. The molecule has 49 heavy (non-hydrogen) atoms. The third-order valence-electron chi connectivity index (χ3n) is 9.54. The molecule has 6 N–H and O–H groups in total. The molecule has 4 heterocycles. The van der Waals surface area contributed by atoms with E-state index in [0.29, 0.717) is 60.2 Å². The number of carbonyl (C=O) groups is 5. The topological polar surface area (TPSA) is 194 Å². The minimum Gasteiger partial charge on any atom is -0.495 e. The number of nitrogen functional groups attached to an aromatic ring is 1. The number of benzene rings is 2. The highest BCUT2D eigenvalue weighted by atomic mass is 16.5. The van der Waals surface area contributed by atoms with E-state index in [1.54, 1.807) is 24.3 Å². The highest BCUT2D eigenvalue weighted by molar-refractivity contribution is 6.07. The van der Waals surface area contributed by atoms with Crippen LogP contribution in [0, 0.1) is 0 Å². The number of hydrogen-bond donors (Lipinski definition) is 5. The molecule has 15 nitrogen and oxygen atoms in total. The Morgan fingerprint density at radius 3 is 2.55 bits per heavy atom. The van der Waals surface area contributed by atoms with E-state index < -0.39 is 18.0 Å². The number of methoxy groups -OCH3 is 1. The molecule has 2 aromatic carbocycles. The van der Waals surface area contributed by atoms with Crippen molar-refractivity contribution in [1.82, 2.24) is 25.8 Å². The van der Waals surface area contributed by atoms with Gasteiger partial charge in [0.2, 0.25) is 17.7 Å². The number of piperidine rings is 2. The Morgan fingerprint density at radius 2 is 1.78 bits per heavy atom. The normalized spacial score (nSPS) is 21.4. The van der Waals surface area contributed by atoms with Crippen LogP contribution >= 0.6 is 0 Å². The van der Waals surface area contributed by atoms with Crippen molar-refractivity contribution >= 4 is 40.9 Å². The monoisotopic (exact) mass is 677 g/mol. The van der Waals surface area contributed by atoms with Gasteiger partial charge in [-0.2, -0.15) is 0 Å². The average Bonchev–Trinajstić information content (AvgIpc) is 3.33. The summed E-state index contributed by atoms with van der Waals surface area (Å²) in [4.78, 5) is 66.8. The minimum absolute atomic E-state index is 0.0974. The van der Waals surface area contributed by atoms with Crippen molar-refractivity contribution in [3.8, 4) is 5.75 Å². The molecule has 0 aromatic heterocycles. The van der Waals surface area contributed by atoms with E-state index in [1.165, 1.54) is 12.0 Å². The lowest BCUT2D eigenvalue weighted by Crippen LogP contribution is -2.52. The molecular weight excluding hydrogens is 634 g/mol. The molecule has 0 bridgehead atoms. The molecule has 0 spiro atoms. The van der Waals surface area contributed by atoms with Crippen molar-refractivity contribution in [2.75, 3.05) is 64.2 Å². The summed E-state index contributed by atoms with van der Waals surface area (Å²) in [5.74, 6) is -1.03. The average molecular weight is 678 g/mol. The van der Waals surface area contributed by atoms with Gasteiger partial charge >= 0.3 is 0 Å². The first kappa shape index (κ1) is 34.3. The van der Waals surface area contributed by atoms with Crippen LogP contribution in [0.25, 0.3) is 0 Å². The van der Waals surface area contributed by atoms with Gasteiger partial charge < -0.3 is 40.4 Å². The zero-order chi connectivity index (χ0) is 34.5. The number of nitrogens with one attached hydrogen (secondary N) is 4. The highest BCUT2D eigenvalue weighted by Gasteiger charge is 2.41. The summed E-state index contributed by atoms with van der Waals surface area (Å²) in [7, 11) is 1.52. The number of rotatable bonds is 12. The molecule has 4 aliphatic rings. The number of ether oxygens (including phenoxy) is 3. The van der Waals surface area contributed by atoms with Crippen molar-refractivity contribution in [3.05, 3.63) is 52.6 Å². The van der Waals surface area contributed by atoms with Gasteiger partial charge in [-0.1, -0.05) is 6.07 Å². The van der Waals surface area contributed by atoms with Crippen LogP contribution < -0.4 is 31.7 Å². The molecule has 0 aliphatic carbocycles. The Balaban J connectivity index is 0.875. The second-order valence-electron chi connectivity index (χ2n) is 12.7. The van der Waals surface area contributed by atoms with Crippen LogP contribution in [0.5, 0.6) is 5.75 Å². The van der Waals surface area contributed by atoms with E-state index in [-0.39, 0.29) is 55.7 Å². The Bertz CT molecular complexity index is 1610. The molecule has 6 rings (SSSR count). The van der Waals surface area contributed by atoms with Gasteiger partial charge in [-0.05, 0) is 49.1 Å². The number of hydrogen-bond acceptors (Lipinski definition) is 11. The first-order valence-electron chi connectivity index (χ1n) is 16.7. The van der Waals surface area contributed by atoms with E-state index in [9.17, 15) is 24.0 Å². The molecule has 5 amide bonds. The molecule has 1 unspecified atom stereocenters. The molecule has 2 saturated heterocycles. The summed E-state index contributed by atoms with van der Waals surface area (Å²) < 4.78 is 16.8. The summed E-state index contributed by atoms with van der Waals surface area (Å²) in [6.07, 6.45) is 2.14. The van der Waals surface area contributed by atoms with Gasteiger partial charge in [-0.15, -0.1) is 0 Å². The number of likely N-dealkylation sites (tertiary alicyclic amines) is 1. The van der Waals surface area contributed by atoms with Gasteiger partial charge in [-0.3, -0.25) is 34.6 Å². The fraction of sp³-hybridized carbons (Fsp3) is 0.500. The smallest absolute Gasteiger partial charge is 0.255 e. The van der Waals surface area contributed by atoms with E-state index >= 15 is 0 Å². The van der Waals surface area contributed by atoms with Crippen LogP contribution in [-0.4, -0.2) is 111 Å². The first-order chi connectivity index (χ1) is 23.7. The molecule has 4 aliphatic heterocycles. The third kappa shape index (κ3) is 7.85. The number of nitrogens with two attached hydrogens (primary N) is 1. The lowest BCUT2D eigenvalue weighted by molar-refractivity contribution is -0.137. The van der Waals surface area contributed by atoms with Crippen LogP contribution in [0.4, 0.5) is 11.4 Å². The van der Waals surface area contributed by atoms with Gasteiger partial charge in [0, 0.05) is 61.9 Å². The number of fused-ring (bicyclic) bond motifs is 3. The Kier molecular flexibility index (Phi) is 10.7. The molecular formula is C34H43N7O8. The SMILES string of the molecule is COc1cc(C(=O)NC2CCN(CCOCCOC[C@@H]3NCc4ccc5c(c4NC3=O)CN(C3CCC(=O)NC3=O)C5=O)CC2)ccc1N. The minimum atomic E-state index is -0.727. The number of imide groups is 1. The zero-order valence-electron chi connectivity index (χ0n) is 27.5. The van der Waals surface area contributed by atoms with E-state index in [1.807, 2.05) is 6.07 Å². The number of amides is 5. The quantitative estimate of drug-likeness (QED) is 0.118. The maximum absolute atomic E-state index is 13.2. The number of nitrogens with zero attached hydrogens (tertiary/aromatic N) is 2. The van der Waals surface area contributed by atoms with Crippen LogP contribution in [0.3, 0.4) is 0 Å². The highest BCUT2D eigenvalue weighted by Crippen LogP contribution is 2.35. The Morgan fingerprint density at radius 1 is 0.980 bits per heavy atom. The van der Waals surface area contributed by atoms with E-state index in [0.717, 1.165) is 38.0 Å². The molecule has 0 saturated carbocycles. The third-order valence-corrected chi connectivity index (χ3v) is 9.54. The second-order valence-corrected chi connectivity index (χ2v) is 12.7.